The summed E-state index contributed by atoms with van der Waals surface area (Å²) >= 11 is 0. The summed E-state index contributed by atoms with van der Waals surface area (Å²) in [6.45, 7) is 13.1. The predicted molar refractivity (Wildman–Crippen MR) is 125 cm³/mol. The van der Waals surface area contributed by atoms with E-state index in [1.54, 1.807) is 0 Å². The third kappa shape index (κ3) is 4.08. The molecule has 0 aromatic heterocycles. The SMILES string of the molecule is CCCN1CC=C2C(C)=C(N)C(C#N)(C#N)[C@@H](c3ccc(OC(C)C)c(OCC)c3)[C@H]2C1. The van der Waals surface area contributed by atoms with Crippen molar-refractivity contribution < 1.29 is 9.47 Å². The van der Waals surface area contributed by atoms with Crippen molar-refractivity contribution in [1.82, 2.24) is 4.90 Å². The molecule has 32 heavy (non-hydrogen) atoms. The number of hydrogen-bond acceptors (Lipinski definition) is 6. The lowest BCUT2D eigenvalue weighted by Gasteiger charge is -2.46. The second-order valence-corrected chi connectivity index (χ2v) is 8.88. The van der Waals surface area contributed by atoms with Crippen LogP contribution in [0.4, 0.5) is 0 Å². The van der Waals surface area contributed by atoms with E-state index in [1.165, 1.54) is 0 Å². The molecule has 1 aliphatic carbocycles. The summed E-state index contributed by atoms with van der Waals surface area (Å²) in [4.78, 5) is 2.38. The Labute approximate surface area is 191 Å². The molecule has 170 valence electrons. The van der Waals surface area contributed by atoms with Crippen LogP contribution in [0.25, 0.3) is 0 Å². The highest BCUT2D eigenvalue weighted by molar-refractivity contribution is 5.56. The number of ether oxygens (including phenoxy) is 2. The molecule has 1 heterocycles. The van der Waals surface area contributed by atoms with Gasteiger partial charge in [-0.25, -0.2) is 0 Å². The van der Waals surface area contributed by atoms with Crippen molar-refractivity contribution in [2.24, 2.45) is 17.1 Å². The summed E-state index contributed by atoms with van der Waals surface area (Å²) in [6.07, 6.45) is 3.27. The third-order valence-electron chi connectivity index (χ3n) is 6.44. The number of nitrogens with two attached hydrogens (primary N) is 1. The van der Waals surface area contributed by atoms with Gasteiger partial charge in [0.25, 0.3) is 0 Å². The molecule has 0 spiro atoms. The molecule has 2 aliphatic rings. The molecule has 0 amide bonds. The van der Waals surface area contributed by atoms with Gasteiger partial charge in [-0.2, -0.15) is 10.5 Å². The highest BCUT2D eigenvalue weighted by Gasteiger charge is 2.53. The van der Waals surface area contributed by atoms with Crippen LogP contribution < -0.4 is 15.2 Å². The third-order valence-corrected chi connectivity index (χ3v) is 6.44. The molecule has 0 saturated heterocycles. The largest absolute Gasteiger partial charge is 0.490 e. The van der Waals surface area contributed by atoms with Gasteiger partial charge >= 0.3 is 0 Å². The summed E-state index contributed by atoms with van der Waals surface area (Å²) in [6, 6.07) is 10.4. The number of benzene rings is 1. The van der Waals surface area contributed by atoms with Crippen molar-refractivity contribution in [3.05, 3.63) is 46.7 Å². The van der Waals surface area contributed by atoms with Gasteiger partial charge in [0.05, 0.1) is 24.8 Å². The van der Waals surface area contributed by atoms with Crippen LogP contribution in [0.5, 0.6) is 11.5 Å². The van der Waals surface area contributed by atoms with Crippen molar-refractivity contribution >= 4 is 0 Å². The zero-order valence-corrected chi connectivity index (χ0v) is 19.8. The molecule has 0 bridgehead atoms. The van der Waals surface area contributed by atoms with Crippen molar-refractivity contribution in [2.45, 2.75) is 53.1 Å². The van der Waals surface area contributed by atoms with Crippen LogP contribution >= 0.6 is 0 Å². The maximum Gasteiger partial charge on any atom is 0.190 e. The predicted octanol–water partition coefficient (Wildman–Crippen LogP) is 4.50. The Bertz CT molecular complexity index is 982. The van der Waals surface area contributed by atoms with Crippen LogP contribution in [0.1, 0.15) is 52.5 Å². The van der Waals surface area contributed by atoms with Gasteiger partial charge in [-0.15, -0.1) is 0 Å². The topological polar surface area (TPSA) is 95.3 Å². The summed E-state index contributed by atoms with van der Waals surface area (Å²) in [5.41, 5.74) is 8.34. The van der Waals surface area contributed by atoms with E-state index >= 15 is 0 Å². The second kappa shape index (κ2) is 9.67. The minimum Gasteiger partial charge on any atom is -0.490 e. The van der Waals surface area contributed by atoms with Crippen LogP contribution in [0.3, 0.4) is 0 Å². The average Bonchev–Trinajstić information content (AvgIpc) is 2.77. The van der Waals surface area contributed by atoms with Crippen LogP contribution in [-0.4, -0.2) is 37.2 Å². The molecule has 1 aromatic carbocycles. The Kier molecular flexibility index (Phi) is 7.16. The molecular formula is C26H34N4O2. The van der Waals surface area contributed by atoms with E-state index in [0.717, 1.165) is 42.8 Å². The van der Waals surface area contributed by atoms with E-state index in [1.807, 2.05) is 45.9 Å². The van der Waals surface area contributed by atoms with E-state index in [9.17, 15) is 10.5 Å². The van der Waals surface area contributed by atoms with E-state index < -0.39 is 11.3 Å². The number of fused-ring (bicyclic) bond motifs is 1. The van der Waals surface area contributed by atoms with E-state index in [-0.39, 0.29) is 12.0 Å². The first-order valence-corrected chi connectivity index (χ1v) is 11.5. The number of nitrogens with zero attached hydrogens (tertiary/aromatic N) is 3. The quantitative estimate of drug-likeness (QED) is 0.679. The van der Waals surface area contributed by atoms with Crippen molar-refractivity contribution in [3.8, 4) is 23.6 Å². The fraction of sp³-hybridized carbons (Fsp3) is 0.538. The summed E-state index contributed by atoms with van der Waals surface area (Å²) in [5, 5.41) is 20.6. The molecule has 6 nitrogen and oxygen atoms in total. The van der Waals surface area contributed by atoms with Gasteiger partial charge in [0, 0.05) is 30.6 Å². The fourth-order valence-electron chi connectivity index (χ4n) is 5.07. The first kappa shape index (κ1) is 23.7. The van der Waals surface area contributed by atoms with E-state index in [0.29, 0.717) is 23.8 Å². The Morgan fingerprint density at radius 2 is 1.94 bits per heavy atom. The molecule has 0 saturated carbocycles. The van der Waals surface area contributed by atoms with Crippen LogP contribution in [0.2, 0.25) is 0 Å². The highest BCUT2D eigenvalue weighted by atomic mass is 16.5. The summed E-state index contributed by atoms with van der Waals surface area (Å²) in [5.74, 6) is 0.875. The van der Waals surface area contributed by atoms with Crippen molar-refractivity contribution in [3.63, 3.8) is 0 Å². The van der Waals surface area contributed by atoms with Gasteiger partial charge < -0.3 is 15.2 Å². The number of hydrogen-bond donors (Lipinski definition) is 1. The molecule has 1 aromatic rings. The number of allylic oxidation sites excluding steroid dienone is 2. The zero-order valence-electron chi connectivity index (χ0n) is 19.8. The van der Waals surface area contributed by atoms with Gasteiger partial charge in [0.15, 0.2) is 16.9 Å². The first-order chi connectivity index (χ1) is 15.3. The van der Waals surface area contributed by atoms with Crippen molar-refractivity contribution in [2.75, 3.05) is 26.2 Å². The standard InChI is InChI=1S/C26H34N4O2/c1-6-11-30-12-10-20-18(5)25(29)26(15-27,16-28)24(21(20)14-30)19-8-9-22(32-17(3)4)23(13-19)31-7-2/h8-10,13,17,21,24H,6-7,11-12,14,29H2,1-5H3/t21-,24-/m0/s1. The summed E-state index contributed by atoms with van der Waals surface area (Å²) < 4.78 is 11.8. The fourth-order valence-corrected chi connectivity index (χ4v) is 5.07. The first-order valence-electron chi connectivity index (χ1n) is 11.5. The molecule has 2 atom stereocenters. The maximum absolute atomic E-state index is 10.3. The van der Waals surface area contributed by atoms with Gasteiger partial charge in [-0.05, 0) is 69.5 Å². The molecule has 1 aliphatic heterocycles. The molecule has 0 unspecified atom stereocenters. The smallest absolute Gasteiger partial charge is 0.190 e. The van der Waals surface area contributed by atoms with Crippen molar-refractivity contribution in [1.29, 1.82) is 10.5 Å². The molecular weight excluding hydrogens is 400 g/mol. The number of nitriles is 2. The minimum atomic E-state index is -1.44. The monoisotopic (exact) mass is 434 g/mol. The van der Waals surface area contributed by atoms with Crippen LogP contribution in [0, 0.1) is 34.0 Å². The molecule has 0 fully saturated rings. The molecule has 6 heteroatoms. The Morgan fingerprint density at radius 1 is 1.22 bits per heavy atom. The second-order valence-electron chi connectivity index (χ2n) is 8.88. The zero-order chi connectivity index (χ0) is 23.5. The van der Waals surface area contributed by atoms with E-state index in [2.05, 4.69) is 30.0 Å². The minimum absolute atomic E-state index is 0.00348. The maximum atomic E-state index is 10.3. The normalized spacial score (nSPS) is 22.6. The Morgan fingerprint density at radius 3 is 2.53 bits per heavy atom. The lowest BCUT2D eigenvalue weighted by molar-refractivity contribution is 0.205. The lowest BCUT2D eigenvalue weighted by Crippen LogP contribution is -2.48. The molecule has 0 radical (unpaired) electrons. The van der Waals surface area contributed by atoms with Gasteiger partial charge in [0.2, 0.25) is 0 Å². The van der Waals surface area contributed by atoms with Gasteiger partial charge in [0.1, 0.15) is 0 Å². The van der Waals surface area contributed by atoms with Gasteiger partial charge in [-0.1, -0.05) is 19.1 Å². The van der Waals surface area contributed by atoms with Gasteiger partial charge in [-0.3, -0.25) is 4.90 Å². The van der Waals surface area contributed by atoms with Crippen LogP contribution in [0.15, 0.2) is 41.1 Å². The molecule has 2 N–H and O–H groups in total. The Hall–Kier alpha value is -2.96. The summed E-state index contributed by atoms with van der Waals surface area (Å²) in [7, 11) is 0. The average molecular weight is 435 g/mol. The Balaban J connectivity index is 2.20. The highest BCUT2D eigenvalue weighted by Crippen LogP contribution is 2.54. The number of rotatable bonds is 7. The van der Waals surface area contributed by atoms with E-state index in [4.69, 9.17) is 15.2 Å². The van der Waals surface area contributed by atoms with Crippen LogP contribution in [-0.2, 0) is 0 Å². The lowest BCUT2D eigenvalue weighted by atomic mass is 9.58. The molecule has 3 rings (SSSR count).